The van der Waals surface area contributed by atoms with Gasteiger partial charge in [0.25, 0.3) is 5.56 Å². The topological polar surface area (TPSA) is 74.0 Å². The molecule has 0 spiro atoms. The third-order valence-corrected chi connectivity index (χ3v) is 5.04. The largest absolute Gasteiger partial charge is 0.329 e. The maximum Gasteiger partial charge on any atom is 0.255 e. The third-order valence-electron chi connectivity index (χ3n) is 4.48. The molecule has 1 aromatic heterocycles. The van der Waals surface area contributed by atoms with Gasteiger partial charge in [-0.1, -0.05) is 49.2 Å². The van der Waals surface area contributed by atoms with E-state index in [2.05, 4.69) is 27.8 Å². The van der Waals surface area contributed by atoms with Gasteiger partial charge in [0.15, 0.2) is 0 Å². The van der Waals surface area contributed by atoms with Crippen LogP contribution in [0.5, 0.6) is 0 Å². The fourth-order valence-electron chi connectivity index (χ4n) is 3.06. The standard InChI is InChI=1S/C10H7ClN2O2.C10H12ClN.C2H6/c11-8-4-7-6(1-2-12-10(7)15)3-9(8)13-5-14;11-10-3-1-8(2-4-10)9-5-6-12-7-9;1-2/h1-5H,(H,12,15)(H,13,14);1-4,9,12H,5-7H2;1-2H3. The van der Waals surface area contributed by atoms with Crippen LogP contribution in [-0.4, -0.2) is 24.5 Å². The van der Waals surface area contributed by atoms with E-state index in [1.54, 1.807) is 18.3 Å². The summed E-state index contributed by atoms with van der Waals surface area (Å²) in [6.07, 6.45) is 3.34. The van der Waals surface area contributed by atoms with Crippen molar-refractivity contribution in [2.75, 3.05) is 18.4 Å². The van der Waals surface area contributed by atoms with E-state index in [1.807, 2.05) is 26.0 Å². The molecule has 1 saturated heterocycles. The van der Waals surface area contributed by atoms with Crippen molar-refractivity contribution in [2.45, 2.75) is 26.2 Å². The first-order valence-electron chi connectivity index (χ1n) is 9.56. The highest BCUT2D eigenvalue weighted by Gasteiger charge is 2.15. The van der Waals surface area contributed by atoms with Crippen LogP contribution < -0.4 is 16.2 Å². The molecule has 3 aromatic rings. The number of rotatable bonds is 3. The molecule has 1 unspecified atom stereocenters. The van der Waals surface area contributed by atoms with Crippen LogP contribution in [0, 0.1) is 0 Å². The second-order valence-corrected chi connectivity index (χ2v) is 7.07. The molecule has 154 valence electrons. The third kappa shape index (κ3) is 6.32. The lowest BCUT2D eigenvalue weighted by Crippen LogP contribution is -2.07. The lowest BCUT2D eigenvalue weighted by Gasteiger charge is -2.07. The molecule has 1 fully saturated rings. The van der Waals surface area contributed by atoms with Crippen LogP contribution in [0.25, 0.3) is 10.8 Å². The van der Waals surface area contributed by atoms with E-state index in [0.29, 0.717) is 28.4 Å². The summed E-state index contributed by atoms with van der Waals surface area (Å²) in [6, 6.07) is 13.1. The Hall–Kier alpha value is -2.34. The first-order chi connectivity index (χ1) is 14.1. The molecule has 3 N–H and O–H groups in total. The second kappa shape index (κ2) is 11.6. The number of H-pyrrole nitrogens is 1. The predicted molar refractivity (Wildman–Crippen MR) is 122 cm³/mol. The highest BCUT2D eigenvalue weighted by atomic mass is 35.5. The van der Waals surface area contributed by atoms with E-state index in [0.717, 1.165) is 23.5 Å². The van der Waals surface area contributed by atoms with Gasteiger partial charge in [-0.2, -0.15) is 0 Å². The van der Waals surface area contributed by atoms with Crippen molar-refractivity contribution in [2.24, 2.45) is 0 Å². The molecular weight excluding hydrogens is 409 g/mol. The minimum absolute atomic E-state index is 0.202. The molecule has 2 aromatic carbocycles. The number of carbonyl (C=O) groups is 1. The lowest BCUT2D eigenvalue weighted by molar-refractivity contribution is -0.105. The molecular formula is C22H25Cl2N3O2. The van der Waals surface area contributed by atoms with Crippen molar-refractivity contribution < 1.29 is 4.79 Å². The van der Waals surface area contributed by atoms with E-state index in [1.165, 1.54) is 18.1 Å². The molecule has 0 bridgehead atoms. The molecule has 1 amide bonds. The van der Waals surface area contributed by atoms with Crippen LogP contribution in [0.1, 0.15) is 31.7 Å². The lowest BCUT2D eigenvalue weighted by atomic mass is 9.99. The Morgan fingerprint density at radius 2 is 1.83 bits per heavy atom. The Bertz CT molecular complexity index is 982. The van der Waals surface area contributed by atoms with Crippen molar-refractivity contribution in [3.8, 4) is 0 Å². The Morgan fingerprint density at radius 3 is 2.45 bits per heavy atom. The van der Waals surface area contributed by atoms with Gasteiger partial charge >= 0.3 is 0 Å². The second-order valence-electron chi connectivity index (χ2n) is 6.23. The van der Waals surface area contributed by atoms with Gasteiger partial charge in [-0.15, -0.1) is 0 Å². The van der Waals surface area contributed by atoms with Gasteiger partial charge in [-0.3, -0.25) is 9.59 Å². The van der Waals surface area contributed by atoms with Gasteiger partial charge in [0, 0.05) is 23.2 Å². The molecule has 1 aliphatic heterocycles. The summed E-state index contributed by atoms with van der Waals surface area (Å²) >= 11 is 11.7. The molecule has 0 aliphatic carbocycles. The van der Waals surface area contributed by atoms with Gasteiger partial charge in [0.2, 0.25) is 6.41 Å². The fraction of sp³-hybridized carbons (Fsp3) is 0.273. The fourth-order valence-corrected chi connectivity index (χ4v) is 3.40. The van der Waals surface area contributed by atoms with Crippen molar-refractivity contribution in [1.29, 1.82) is 0 Å². The highest BCUT2D eigenvalue weighted by molar-refractivity contribution is 6.34. The smallest absolute Gasteiger partial charge is 0.255 e. The summed E-state index contributed by atoms with van der Waals surface area (Å²) in [6.45, 7) is 6.26. The number of fused-ring (bicyclic) bond motifs is 1. The van der Waals surface area contributed by atoms with Crippen LogP contribution >= 0.6 is 23.2 Å². The Kier molecular flexibility index (Phi) is 9.19. The number of anilines is 1. The van der Waals surface area contributed by atoms with Gasteiger partial charge in [0.05, 0.1) is 10.7 Å². The minimum Gasteiger partial charge on any atom is -0.329 e. The summed E-state index contributed by atoms with van der Waals surface area (Å²) in [4.78, 5) is 24.2. The number of pyridine rings is 1. The number of aromatic amines is 1. The number of hydrogen-bond donors (Lipinski definition) is 3. The van der Waals surface area contributed by atoms with E-state index in [4.69, 9.17) is 23.2 Å². The molecule has 0 saturated carbocycles. The zero-order valence-electron chi connectivity index (χ0n) is 16.5. The van der Waals surface area contributed by atoms with E-state index in [9.17, 15) is 9.59 Å². The predicted octanol–water partition coefficient (Wildman–Crippen LogP) is 5.19. The number of benzene rings is 2. The number of aromatic nitrogens is 1. The number of amides is 1. The first-order valence-corrected chi connectivity index (χ1v) is 10.3. The van der Waals surface area contributed by atoms with Gasteiger partial charge < -0.3 is 15.6 Å². The molecule has 2 heterocycles. The zero-order valence-corrected chi connectivity index (χ0v) is 18.0. The van der Waals surface area contributed by atoms with Crippen LogP contribution in [0.4, 0.5) is 5.69 Å². The minimum atomic E-state index is -0.202. The monoisotopic (exact) mass is 433 g/mol. The van der Waals surface area contributed by atoms with E-state index in [-0.39, 0.29) is 5.56 Å². The summed E-state index contributed by atoms with van der Waals surface area (Å²) in [5.41, 5.74) is 1.70. The van der Waals surface area contributed by atoms with E-state index >= 15 is 0 Å². The molecule has 0 radical (unpaired) electrons. The summed E-state index contributed by atoms with van der Waals surface area (Å²) < 4.78 is 0. The molecule has 7 heteroatoms. The average Bonchev–Trinajstić information content (AvgIpc) is 3.27. The van der Waals surface area contributed by atoms with Gasteiger partial charge in [-0.25, -0.2) is 0 Å². The number of hydrogen-bond acceptors (Lipinski definition) is 3. The number of carbonyl (C=O) groups excluding carboxylic acids is 1. The zero-order chi connectivity index (χ0) is 21.2. The quantitative estimate of drug-likeness (QED) is 0.497. The summed E-state index contributed by atoms with van der Waals surface area (Å²) in [5, 5.41) is 8.21. The molecule has 1 aliphatic rings. The number of nitrogens with one attached hydrogen (secondary N) is 3. The molecule has 29 heavy (non-hydrogen) atoms. The molecule has 1 atom stereocenters. The summed E-state index contributed by atoms with van der Waals surface area (Å²) in [7, 11) is 0. The molecule has 4 rings (SSSR count). The average molecular weight is 434 g/mol. The van der Waals surface area contributed by atoms with Crippen molar-refractivity contribution in [3.05, 3.63) is 74.6 Å². The SMILES string of the molecule is CC.Clc1ccc(C2CCNC2)cc1.O=CNc1cc2cc[nH]c(=O)c2cc1Cl. The molecule has 5 nitrogen and oxygen atoms in total. The maximum atomic E-state index is 11.4. The first kappa shape index (κ1) is 22.9. The van der Waals surface area contributed by atoms with Crippen LogP contribution in [0.15, 0.2) is 53.5 Å². The number of halogens is 2. The van der Waals surface area contributed by atoms with Crippen molar-refractivity contribution in [3.63, 3.8) is 0 Å². The normalized spacial score (nSPS) is 15.0. The van der Waals surface area contributed by atoms with Crippen molar-refractivity contribution in [1.82, 2.24) is 10.3 Å². The maximum absolute atomic E-state index is 11.4. The van der Waals surface area contributed by atoms with Crippen LogP contribution in [0.2, 0.25) is 10.0 Å². The van der Waals surface area contributed by atoms with Crippen LogP contribution in [-0.2, 0) is 4.79 Å². The van der Waals surface area contributed by atoms with E-state index < -0.39 is 0 Å². The Balaban J connectivity index is 0.000000194. The van der Waals surface area contributed by atoms with Crippen molar-refractivity contribution >= 4 is 46.1 Å². The highest BCUT2D eigenvalue weighted by Crippen LogP contribution is 2.26. The van der Waals surface area contributed by atoms with Crippen LogP contribution in [0.3, 0.4) is 0 Å². The Labute approximate surface area is 180 Å². The van der Waals surface area contributed by atoms with Gasteiger partial charge in [-0.05, 0) is 60.2 Å². The van der Waals surface area contributed by atoms with Gasteiger partial charge in [0.1, 0.15) is 0 Å². The Morgan fingerprint density at radius 1 is 1.10 bits per heavy atom. The summed E-state index contributed by atoms with van der Waals surface area (Å²) in [5.74, 6) is 0.697.